The fourth-order valence-electron chi connectivity index (χ4n) is 5.64. The zero-order chi connectivity index (χ0) is 24.7. The quantitative estimate of drug-likeness (QED) is 0.453. The zero-order valence-corrected chi connectivity index (χ0v) is 21.4. The molecule has 0 unspecified atom stereocenters. The topological polar surface area (TPSA) is 50.1 Å². The van der Waals surface area contributed by atoms with E-state index in [4.69, 9.17) is 9.47 Å². The number of aromatic nitrogens is 1. The first-order chi connectivity index (χ1) is 17.7. The average molecular weight is 490 g/mol. The van der Waals surface area contributed by atoms with Crippen molar-refractivity contribution < 1.29 is 14.6 Å². The smallest absolute Gasteiger partial charge is 0.143 e. The SMILES string of the molecule is COc1ccccc1N1CCN(C[C@H](O)COc2ccc(C3CCCCC3)cc2-n2cccc2)CC1. The second-order valence-corrected chi connectivity index (χ2v) is 10.1. The number of nitrogens with zero attached hydrogens (tertiary/aromatic N) is 3. The van der Waals surface area contributed by atoms with Gasteiger partial charge < -0.3 is 24.0 Å². The Balaban J connectivity index is 1.17. The van der Waals surface area contributed by atoms with Crippen molar-refractivity contribution in [3.63, 3.8) is 0 Å². The summed E-state index contributed by atoms with van der Waals surface area (Å²) in [6, 6.07) is 18.8. The Kier molecular flexibility index (Phi) is 8.14. The minimum atomic E-state index is -0.543. The molecule has 2 aliphatic rings. The number of methoxy groups -OCH3 is 1. The molecule has 1 atom stereocenters. The third-order valence-electron chi connectivity index (χ3n) is 7.64. The molecule has 1 N–H and O–H groups in total. The van der Waals surface area contributed by atoms with Crippen LogP contribution in [0.4, 0.5) is 5.69 Å². The minimum absolute atomic E-state index is 0.282. The molecule has 2 heterocycles. The van der Waals surface area contributed by atoms with Crippen molar-refractivity contribution in [2.45, 2.75) is 44.1 Å². The lowest BCUT2D eigenvalue weighted by Gasteiger charge is -2.37. The molecule has 0 bridgehead atoms. The number of β-amino-alcohol motifs (C(OH)–C–C–N with tert-alkyl or cyclic N) is 1. The van der Waals surface area contributed by atoms with Crippen molar-refractivity contribution in [3.05, 3.63) is 72.6 Å². The molecule has 3 aromatic rings. The normalized spacial score (nSPS) is 18.2. The largest absolute Gasteiger partial charge is 0.495 e. The summed E-state index contributed by atoms with van der Waals surface area (Å²) in [5, 5.41) is 10.8. The van der Waals surface area contributed by atoms with Crippen LogP contribution >= 0.6 is 0 Å². The Labute approximate surface area is 215 Å². The molecule has 36 heavy (non-hydrogen) atoms. The summed E-state index contributed by atoms with van der Waals surface area (Å²) in [5.74, 6) is 2.38. The molecular weight excluding hydrogens is 450 g/mol. The number of aliphatic hydroxyl groups excluding tert-OH is 1. The molecule has 1 aliphatic carbocycles. The Hall–Kier alpha value is -2.96. The van der Waals surface area contributed by atoms with E-state index in [9.17, 15) is 5.11 Å². The molecule has 6 heteroatoms. The highest BCUT2D eigenvalue weighted by molar-refractivity contribution is 5.58. The summed E-state index contributed by atoms with van der Waals surface area (Å²) in [6.45, 7) is 4.52. The van der Waals surface area contributed by atoms with Crippen LogP contribution in [0.3, 0.4) is 0 Å². The molecule has 1 saturated carbocycles. The van der Waals surface area contributed by atoms with Gasteiger partial charge in [-0.1, -0.05) is 37.5 Å². The number of hydrogen-bond acceptors (Lipinski definition) is 5. The number of hydrogen-bond donors (Lipinski definition) is 1. The average Bonchev–Trinajstić information content (AvgIpc) is 3.48. The molecule has 2 aromatic carbocycles. The number of rotatable bonds is 9. The molecule has 5 rings (SSSR count). The first-order valence-electron chi connectivity index (χ1n) is 13.4. The molecule has 0 spiro atoms. The summed E-state index contributed by atoms with van der Waals surface area (Å²) in [5.41, 5.74) is 3.60. The van der Waals surface area contributed by atoms with Crippen LogP contribution in [0.1, 0.15) is 43.6 Å². The second-order valence-electron chi connectivity index (χ2n) is 10.1. The van der Waals surface area contributed by atoms with Crippen molar-refractivity contribution in [1.82, 2.24) is 9.47 Å². The van der Waals surface area contributed by atoms with Crippen LogP contribution in [0.5, 0.6) is 11.5 Å². The van der Waals surface area contributed by atoms with E-state index in [1.807, 2.05) is 24.3 Å². The maximum atomic E-state index is 10.8. The van der Waals surface area contributed by atoms with Crippen molar-refractivity contribution >= 4 is 5.69 Å². The van der Waals surface area contributed by atoms with Crippen LogP contribution in [0.15, 0.2) is 67.0 Å². The third-order valence-corrected chi connectivity index (χ3v) is 7.64. The van der Waals surface area contributed by atoms with Crippen LogP contribution in [-0.4, -0.2) is 67.1 Å². The summed E-state index contributed by atoms with van der Waals surface area (Å²) in [6.07, 6.45) is 10.1. The molecule has 2 fully saturated rings. The van der Waals surface area contributed by atoms with E-state index in [0.717, 1.165) is 49.1 Å². The summed E-state index contributed by atoms with van der Waals surface area (Å²) >= 11 is 0. The van der Waals surface area contributed by atoms with Crippen molar-refractivity contribution in [2.24, 2.45) is 0 Å². The summed E-state index contributed by atoms with van der Waals surface area (Å²) in [7, 11) is 1.72. The van der Waals surface area contributed by atoms with Gasteiger partial charge in [0.15, 0.2) is 0 Å². The Morgan fingerprint density at radius 3 is 2.36 bits per heavy atom. The Bertz CT molecular complexity index is 1090. The van der Waals surface area contributed by atoms with Gasteiger partial charge in [-0.15, -0.1) is 0 Å². The van der Waals surface area contributed by atoms with E-state index in [1.165, 1.54) is 37.7 Å². The molecule has 1 aliphatic heterocycles. The Morgan fingerprint density at radius 1 is 0.861 bits per heavy atom. The maximum absolute atomic E-state index is 10.8. The number of benzene rings is 2. The Morgan fingerprint density at radius 2 is 1.61 bits per heavy atom. The molecule has 6 nitrogen and oxygen atoms in total. The zero-order valence-electron chi connectivity index (χ0n) is 21.4. The van der Waals surface area contributed by atoms with E-state index in [0.29, 0.717) is 12.5 Å². The fourth-order valence-corrected chi connectivity index (χ4v) is 5.64. The van der Waals surface area contributed by atoms with Gasteiger partial charge in [0, 0.05) is 45.1 Å². The summed E-state index contributed by atoms with van der Waals surface area (Å²) < 4.78 is 13.8. The van der Waals surface area contributed by atoms with E-state index >= 15 is 0 Å². The van der Waals surface area contributed by atoms with Crippen molar-refractivity contribution in [3.8, 4) is 17.2 Å². The van der Waals surface area contributed by atoms with E-state index < -0.39 is 6.10 Å². The predicted octanol–water partition coefficient (Wildman–Crippen LogP) is 5.10. The highest BCUT2D eigenvalue weighted by Crippen LogP contribution is 2.36. The van der Waals surface area contributed by atoms with Gasteiger partial charge in [-0.3, -0.25) is 4.90 Å². The molecule has 1 aromatic heterocycles. The predicted molar refractivity (Wildman–Crippen MR) is 145 cm³/mol. The second kappa shape index (κ2) is 11.8. The number of piperazine rings is 1. The van der Waals surface area contributed by atoms with E-state index in [-0.39, 0.29) is 6.61 Å². The molecule has 0 amide bonds. The molecule has 1 saturated heterocycles. The van der Waals surface area contributed by atoms with Crippen LogP contribution in [0.25, 0.3) is 5.69 Å². The number of aliphatic hydroxyl groups is 1. The van der Waals surface area contributed by atoms with Crippen LogP contribution in [0.2, 0.25) is 0 Å². The lowest BCUT2D eigenvalue weighted by atomic mass is 9.84. The van der Waals surface area contributed by atoms with Crippen LogP contribution in [-0.2, 0) is 0 Å². The number of para-hydroxylation sites is 2. The highest BCUT2D eigenvalue weighted by Gasteiger charge is 2.22. The third kappa shape index (κ3) is 5.88. The molecule has 192 valence electrons. The number of anilines is 1. The van der Waals surface area contributed by atoms with Gasteiger partial charge in [0.2, 0.25) is 0 Å². The molecular formula is C30H39N3O3. The van der Waals surface area contributed by atoms with E-state index in [1.54, 1.807) is 7.11 Å². The van der Waals surface area contributed by atoms with Gasteiger partial charge in [0.1, 0.15) is 24.2 Å². The minimum Gasteiger partial charge on any atom is -0.495 e. The van der Waals surface area contributed by atoms with Gasteiger partial charge in [0.05, 0.1) is 18.5 Å². The van der Waals surface area contributed by atoms with Crippen molar-refractivity contribution in [1.29, 1.82) is 0 Å². The lowest BCUT2D eigenvalue weighted by Crippen LogP contribution is -2.49. The van der Waals surface area contributed by atoms with Crippen molar-refractivity contribution in [2.75, 3.05) is 51.3 Å². The van der Waals surface area contributed by atoms with Gasteiger partial charge in [-0.2, -0.15) is 0 Å². The highest BCUT2D eigenvalue weighted by atomic mass is 16.5. The van der Waals surface area contributed by atoms with Gasteiger partial charge in [0.25, 0.3) is 0 Å². The fraction of sp³-hybridized carbons (Fsp3) is 0.467. The number of ether oxygens (including phenoxy) is 2. The van der Waals surface area contributed by atoms with Gasteiger partial charge >= 0.3 is 0 Å². The van der Waals surface area contributed by atoms with Crippen LogP contribution < -0.4 is 14.4 Å². The van der Waals surface area contributed by atoms with Crippen LogP contribution in [0, 0.1) is 0 Å². The summed E-state index contributed by atoms with van der Waals surface area (Å²) in [4.78, 5) is 4.68. The van der Waals surface area contributed by atoms with E-state index in [2.05, 4.69) is 57.1 Å². The molecule has 0 radical (unpaired) electrons. The standard InChI is InChI=1S/C30H39N3O3/c1-35-29-12-6-5-11-27(29)33-19-17-31(18-20-33)22-26(34)23-36-30-14-13-25(24-9-3-2-4-10-24)21-28(30)32-15-7-8-16-32/h5-8,11-16,21,24,26,34H,2-4,9-10,17-20,22-23H2,1H3/t26-/m0/s1. The first-order valence-corrected chi connectivity index (χ1v) is 13.4. The lowest BCUT2D eigenvalue weighted by molar-refractivity contribution is 0.0662. The van der Waals surface area contributed by atoms with Gasteiger partial charge in [-0.05, 0) is 60.7 Å². The monoisotopic (exact) mass is 489 g/mol. The maximum Gasteiger partial charge on any atom is 0.143 e. The van der Waals surface area contributed by atoms with Gasteiger partial charge in [-0.25, -0.2) is 0 Å². The first kappa shape index (κ1) is 24.7.